The molecule has 0 saturated carbocycles. The molecule has 0 saturated heterocycles. The lowest BCUT2D eigenvalue weighted by atomic mass is 9.79. The van der Waals surface area contributed by atoms with Gasteiger partial charge in [-0.15, -0.1) is 0 Å². The molecule has 0 spiro atoms. The highest BCUT2D eigenvalue weighted by molar-refractivity contribution is 6.61. The molecule has 1 aliphatic heterocycles. The summed E-state index contributed by atoms with van der Waals surface area (Å²) in [4.78, 5) is 16.4. The number of nitrogens with zero attached hydrogens (tertiary/aromatic N) is 1. The molecule has 104 valence electrons. The molecule has 8 heteroatoms. The molecule has 0 aromatic heterocycles. The van der Waals surface area contributed by atoms with E-state index >= 15 is 0 Å². The third-order valence-electron chi connectivity index (χ3n) is 2.59. The van der Waals surface area contributed by atoms with Gasteiger partial charge in [0.15, 0.2) is 0 Å². The highest BCUT2D eigenvalue weighted by atomic mass is 16.6. The second-order valence-electron chi connectivity index (χ2n) is 4.03. The number of amides is 2. The molecule has 1 aliphatic rings. The van der Waals surface area contributed by atoms with Crippen LogP contribution in [0.25, 0.3) is 0 Å². The normalized spacial score (nSPS) is 13.2. The van der Waals surface area contributed by atoms with E-state index in [1.54, 1.807) is 25.1 Å². The van der Waals surface area contributed by atoms with Crippen molar-refractivity contribution in [2.24, 2.45) is 5.16 Å². The monoisotopic (exact) mass is 275 g/mol. The standard InChI is InChI=1S/C12H14BN3O4/c1-3-14-20-8(2)15-12(17)16-10-5-4-9-7-19-13(18)11(9)6-10/h3-6,18H,2,7H2,1H3,(H2,15,16,17). The highest BCUT2D eigenvalue weighted by Crippen LogP contribution is 2.14. The molecule has 0 atom stereocenters. The van der Waals surface area contributed by atoms with E-state index in [-0.39, 0.29) is 5.88 Å². The van der Waals surface area contributed by atoms with Crippen LogP contribution in [-0.4, -0.2) is 24.4 Å². The lowest BCUT2D eigenvalue weighted by Gasteiger charge is -2.09. The summed E-state index contributed by atoms with van der Waals surface area (Å²) in [6, 6.07) is 4.64. The summed E-state index contributed by atoms with van der Waals surface area (Å²) in [5.74, 6) is 0.00475. The molecule has 0 fully saturated rings. The van der Waals surface area contributed by atoms with Crippen LogP contribution in [-0.2, 0) is 16.1 Å². The van der Waals surface area contributed by atoms with Crippen molar-refractivity contribution in [2.45, 2.75) is 13.5 Å². The molecule has 3 N–H and O–H groups in total. The molecule has 0 unspecified atom stereocenters. The molecule has 2 rings (SSSR count). The Morgan fingerprint density at radius 1 is 1.65 bits per heavy atom. The Balaban J connectivity index is 1.95. The van der Waals surface area contributed by atoms with Gasteiger partial charge in [-0.2, -0.15) is 0 Å². The number of anilines is 1. The summed E-state index contributed by atoms with van der Waals surface area (Å²) < 4.78 is 5.07. The number of urea groups is 1. The van der Waals surface area contributed by atoms with E-state index in [0.29, 0.717) is 17.8 Å². The summed E-state index contributed by atoms with van der Waals surface area (Å²) in [7, 11) is -0.952. The fraction of sp³-hybridized carbons (Fsp3) is 0.167. The number of hydrogen-bond acceptors (Lipinski definition) is 5. The zero-order valence-corrected chi connectivity index (χ0v) is 10.9. The van der Waals surface area contributed by atoms with E-state index in [2.05, 4.69) is 22.4 Å². The van der Waals surface area contributed by atoms with Crippen molar-refractivity contribution in [3.8, 4) is 0 Å². The predicted octanol–water partition coefficient (Wildman–Crippen LogP) is 0.519. The van der Waals surface area contributed by atoms with Crippen LogP contribution in [0.15, 0.2) is 35.8 Å². The van der Waals surface area contributed by atoms with Crippen LogP contribution in [0.4, 0.5) is 10.5 Å². The van der Waals surface area contributed by atoms with Crippen LogP contribution in [0.3, 0.4) is 0 Å². The fourth-order valence-electron chi connectivity index (χ4n) is 1.72. The minimum atomic E-state index is -0.952. The van der Waals surface area contributed by atoms with Crippen molar-refractivity contribution in [1.82, 2.24) is 5.32 Å². The number of hydrogen-bond donors (Lipinski definition) is 3. The van der Waals surface area contributed by atoms with E-state index in [4.69, 9.17) is 9.49 Å². The van der Waals surface area contributed by atoms with Crippen LogP contribution in [0.5, 0.6) is 0 Å². The second-order valence-corrected chi connectivity index (χ2v) is 4.03. The van der Waals surface area contributed by atoms with E-state index in [1.165, 1.54) is 6.21 Å². The van der Waals surface area contributed by atoms with Gasteiger partial charge in [0.1, 0.15) is 0 Å². The first-order chi connectivity index (χ1) is 9.60. The van der Waals surface area contributed by atoms with Gasteiger partial charge in [-0.1, -0.05) is 11.2 Å². The van der Waals surface area contributed by atoms with E-state index in [1.807, 2.05) is 0 Å². The lowest BCUT2D eigenvalue weighted by molar-refractivity contribution is 0.203. The van der Waals surface area contributed by atoms with Crippen LogP contribution in [0.2, 0.25) is 0 Å². The molecule has 20 heavy (non-hydrogen) atoms. The molecule has 1 aromatic rings. The largest absolute Gasteiger partial charge is 0.491 e. The molecule has 0 aliphatic carbocycles. The maximum atomic E-state index is 11.7. The minimum Gasteiger partial charge on any atom is -0.423 e. The minimum absolute atomic E-state index is 0.00475. The predicted molar refractivity (Wildman–Crippen MR) is 75.4 cm³/mol. The molecular formula is C12H14BN3O4. The molecule has 1 heterocycles. The van der Waals surface area contributed by atoms with Gasteiger partial charge in [-0.05, 0) is 36.7 Å². The Morgan fingerprint density at radius 2 is 2.45 bits per heavy atom. The van der Waals surface area contributed by atoms with Gasteiger partial charge in [-0.25, -0.2) is 4.79 Å². The average molecular weight is 275 g/mol. The first-order valence-corrected chi connectivity index (χ1v) is 5.94. The van der Waals surface area contributed by atoms with E-state index in [0.717, 1.165) is 5.56 Å². The van der Waals surface area contributed by atoms with Crippen LogP contribution in [0.1, 0.15) is 12.5 Å². The first kappa shape index (κ1) is 14.1. The van der Waals surface area contributed by atoms with Gasteiger partial charge >= 0.3 is 13.1 Å². The number of carbonyl (C=O) groups excluding carboxylic acids is 1. The molecule has 0 radical (unpaired) electrons. The van der Waals surface area contributed by atoms with Crippen molar-refractivity contribution >= 4 is 30.5 Å². The maximum Gasteiger partial charge on any atom is 0.491 e. The van der Waals surface area contributed by atoms with Gasteiger partial charge in [0, 0.05) is 11.9 Å². The third-order valence-corrected chi connectivity index (χ3v) is 2.59. The lowest BCUT2D eigenvalue weighted by Crippen LogP contribution is -2.31. The Kier molecular flexibility index (Phi) is 4.39. The highest BCUT2D eigenvalue weighted by Gasteiger charge is 2.27. The summed E-state index contributed by atoms with van der Waals surface area (Å²) >= 11 is 0. The van der Waals surface area contributed by atoms with Crippen LogP contribution < -0.4 is 16.1 Å². The van der Waals surface area contributed by atoms with Crippen LogP contribution in [0, 0.1) is 0 Å². The number of carbonyl (C=O) groups is 1. The SMILES string of the molecule is C=C(NC(=O)Nc1ccc2c(c1)B(O)OC2)ON=CC. The fourth-order valence-corrected chi connectivity index (χ4v) is 1.72. The molecule has 1 aromatic carbocycles. The smallest absolute Gasteiger partial charge is 0.423 e. The van der Waals surface area contributed by atoms with Gasteiger partial charge in [-0.3, -0.25) is 5.32 Å². The number of rotatable bonds is 4. The third kappa shape index (κ3) is 3.37. The number of nitrogens with one attached hydrogen (secondary N) is 2. The second kappa shape index (κ2) is 6.22. The zero-order valence-electron chi connectivity index (χ0n) is 10.9. The van der Waals surface area contributed by atoms with E-state index < -0.39 is 13.1 Å². The zero-order chi connectivity index (χ0) is 14.5. The molecule has 0 bridgehead atoms. The summed E-state index contributed by atoms with van der Waals surface area (Å²) in [5.41, 5.74) is 2.07. The Labute approximate surface area is 116 Å². The number of benzene rings is 1. The van der Waals surface area contributed by atoms with Gasteiger partial charge in [0.05, 0.1) is 6.61 Å². The Bertz CT molecular complexity index is 562. The number of oxime groups is 1. The molecule has 7 nitrogen and oxygen atoms in total. The molecular weight excluding hydrogens is 261 g/mol. The maximum absolute atomic E-state index is 11.7. The van der Waals surface area contributed by atoms with Crippen molar-refractivity contribution in [3.05, 3.63) is 36.2 Å². The average Bonchev–Trinajstić information content (AvgIpc) is 2.78. The van der Waals surface area contributed by atoms with Crippen molar-refractivity contribution in [1.29, 1.82) is 0 Å². The van der Waals surface area contributed by atoms with Crippen molar-refractivity contribution < 1.29 is 19.3 Å². The Hall–Kier alpha value is -2.32. The quantitative estimate of drug-likeness (QED) is 0.323. The summed E-state index contributed by atoms with van der Waals surface area (Å²) in [5, 5.41) is 18.0. The Morgan fingerprint density at radius 3 is 3.20 bits per heavy atom. The van der Waals surface area contributed by atoms with Gasteiger partial charge in [0.2, 0.25) is 5.88 Å². The van der Waals surface area contributed by atoms with Gasteiger partial charge in [0.25, 0.3) is 0 Å². The van der Waals surface area contributed by atoms with Crippen LogP contribution >= 0.6 is 0 Å². The first-order valence-electron chi connectivity index (χ1n) is 5.94. The van der Waals surface area contributed by atoms with Gasteiger partial charge < -0.3 is 19.8 Å². The van der Waals surface area contributed by atoms with Crippen molar-refractivity contribution in [3.63, 3.8) is 0 Å². The topological polar surface area (TPSA) is 92.2 Å². The molecule has 2 amide bonds. The van der Waals surface area contributed by atoms with Crippen molar-refractivity contribution in [2.75, 3.05) is 5.32 Å². The summed E-state index contributed by atoms with van der Waals surface area (Å²) in [6.45, 7) is 5.51. The number of fused-ring (bicyclic) bond motifs is 1. The van der Waals surface area contributed by atoms with E-state index in [9.17, 15) is 9.82 Å². The summed E-state index contributed by atoms with van der Waals surface area (Å²) in [6.07, 6.45) is 1.42.